The van der Waals surface area contributed by atoms with Gasteiger partial charge in [-0.25, -0.2) is 4.98 Å². The number of rotatable bonds is 6. The molecule has 0 amide bonds. The maximum absolute atomic E-state index is 5.38. The van der Waals surface area contributed by atoms with E-state index >= 15 is 0 Å². The Morgan fingerprint density at radius 3 is 2.32 bits per heavy atom. The first-order valence-electron chi connectivity index (χ1n) is 7.98. The van der Waals surface area contributed by atoms with E-state index in [9.17, 15) is 0 Å². The average molecular weight is 346 g/mol. The summed E-state index contributed by atoms with van der Waals surface area (Å²) in [4.78, 5) is 11.0. The molecule has 0 spiro atoms. The molecule has 0 unspecified atom stereocenters. The predicted molar refractivity (Wildman–Crippen MR) is 94.4 cm³/mol. The van der Waals surface area contributed by atoms with Crippen LogP contribution in [-0.2, 0) is 4.74 Å². The van der Waals surface area contributed by atoms with Crippen LogP contribution in [0.2, 0.25) is 0 Å². The molecule has 1 fully saturated rings. The number of aromatic nitrogens is 2. The average Bonchev–Trinajstić information content (AvgIpc) is 2.68. The molecule has 1 aliphatic rings. The SMILES string of the molecule is COc1cc(Nc2nccc(N3CCOCC3)n2)cc(OC)c1OC. The molecule has 1 aromatic carbocycles. The zero-order chi connectivity index (χ0) is 17.6. The zero-order valence-corrected chi connectivity index (χ0v) is 14.6. The summed E-state index contributed by atoms with van der Waals surface area (Å²) in [5.41, 5.74) is 0.744. The van der Waals surface area contributed by atoms with Crippen LogP contribution in [0.15, 0.2) is 24.4 Å². The van der Waals surface area contributed by atoms with Crippen molar-refractivity contribution in [1.82, 2.24) is 9.97 Å². The van der Waals surface area contributed by atoms with Crippen molar-refractivity contribution in [3.8, 4) is 17.2 Å². The molecular formula is C17H22N4O4. The summed E-state index contributed by atoms with van der Waals surface area (Å²) in [7, 11) is 4.73. The van der Waals surface area contributed by atoms with E-state index < -0.39 is 0 Å². The van der Waals surface area contributed by atoms with Crippen molar-refractivity contribution in [2.75, 3.05) is 57.8 Å². The fraction of sp³-hybridized carbons (Fsp3) is 0.412. The number of hydrogen-bond acceptors (Lipinski definition) is 8. The van der Waals surface area contributed by atoms with E-state index in [1.165, 1.54) is 0 Å². The number of ether oxygens (including phenoxy) is 4. The second-order valence-electron chi connectivity index (χ2n) is 5.38. The fourth-order valence-electron chi connectivity index (χ4n) is 2.66. The van der Waals surface area contributed by atoms with E-state index in [0.29, 0.717) is 36.4 Å². The lowest BCUT2D eigenvalue weighted by atomic mass is 10.2. The molecule has 0 saturated carbocycles. The molecule has 1 N–H and O–H groups in total. The van der Waals surface area contributed by atoms with Crippen molar-refractivity contribution >= 4 is 17.5 Å². The third kappa shape index (κ3) is 3.85. The lowest BCUT2D eigenvalue weighted by Crippen LogP contribution is -2.36. The second-order valence-corrected chi connectivity index (χ2v) is 5.38. The van der Waals surface area contributed by atoms with Gasteiger partial charge in [-0.15, -0.1) is 0 Å². The van der Waals surface area contributed by atoms with Crippen LogP contribution in [0.5, 0.6) is 17.2 Å². The number of hydrogen-bond donors (Lipinski definition) is 1. The summed E-state index contributed by atoms with van der Waals surface area (Å²) in [5, 5.41) is 3.19. The molecule has 1 aliphatic heterocycles. The molecule has 0 radical (unpaired) electrons. The smallest absolute Gasteiger partial charge is 0.229 e. The summed E-state index contributed by atoms with van der Waals surface area (Å²) in [6, 6.07) is 5.52. The zero-order valence-electron chi connectivity index (χ0n) is 14.6. The van der Waals surface area contributed by atoms with Gasteiger partial charge in [0, 0.05) is 37.1 Å². The molecule has 8 nitrogen and oxygen atoms in total. The van der Waals surface area contributed by atoms with Gasteiger partial charge in [-0.2, -0.15) is 4.98 Å². The Kier molecular flexibility index (Phi) is 5.39. The van der Waals surface area contributed by atoms with Gasteiger partial charge in [-0.3, -0.25) is 0 Å². The number of nitrogens with zero attached hydrogens (tertiary/aromatic N) is 3. The normalized spacial score (nSPS) is 14.1. The Bertz CT molecular complexity index is 695. The first-order valence-corrected chi connectivity index (χ1v) is 7.98. The number of methoxy groups -OCH3 is 3. The quantitative estimate of drug-likeness (QED) is 0.852. The third-order valence-corrected chi connectivity index (χ3v) is 3.90. The van der Waals surface area contributed by atoms with Gasteiger partial charge in [0.05, 0.1) is 34.5 Å². The lowest BCUT2D eigenvalue weighted by molar-refractivity contribution is 0.122. The highest BCUT2D eigenvalue weighted by molar-refractivity contribution is 5.66. The van der Waals surface area contributed by atoms with Crippen LogP contribution in [0.3, 0.4) is 0 Å². The maximum atomic E-state index is 5.38. The summed E-state index contributed by atoms with van der Waals surface area (Å²) in [5.74, 6) is 3.03. The van der Waals surface area contributed by atoms with Gasteiger partial charge >= 0.3 is 0 Å². The van der Waals surface area contributed by atoms with Gasteiger partial charge in [-0.05, 0) is 6.07 Å². The lowest BCUT2D eigenvalue weighted by Gasteiger charge is -2.27. The van der Waals surface area contributed by atoms with Gasteiger partial charge < -0.3 is 29.2 Å². The molecule has 134 valence electrons. The predicted octanol–water partition coefficient (Wildman–Crippen LogP) is 2.08. The van der Waals surface area contributed by atoms with Crippen LogP contribution in [0.25, 0.3) is 0 Å². The van der Waals surface area contributed by atoms with E-state index in [1.54, 1.807) is 27.5 Å². The van der Waals surface area contributed by atoms with E-state index in [2.05, 4.69) is 20.2 Å². The van der Waals surface area contributed by atoms with Crippen LogP contribution in [0, 0.1) is 0 Å². The van der Waals surface area contributed by atoms with Crippen LogP contribution in [0.4, 0.5) is 17.5 Å². The molecule has 0 aliphatic carbocycles. The highest BCUT2D eigenvalue weighted by Crippen LogP contribution is 2.40. The van der Waals surface area contributed by atoms with Crippen LogP contribution in [-0.4, -0.2) is 57.6 Å². The number of nitrogens with one attached hydrogen (secondary N) is 1. The maximum Gasteiger partial charge on any atom is 0.229 e. The molecule has 1 aromatic heterocycles. The van der Waals surface area contributed by atoms with Gasteiger partial charge in [0.25, 0.3) is 0 Å². The highest BCUT2D eigenvalue weighted by Gasteiger charge is 2.15. The molecule has 1 saturated heterocycles. The number of anilines is 3. The molecule has 3 rings (SSSR count). The topological polar surface area (TPSA) is 78.0 Å². The van der Waals surface area contributed by atoms with Gasteiger partial charge in [0.15, 0.2) is 11.5 Å². The largest absolute Gasteiger partial charge is 0.493 e. The second kappa shape index (κ2) is 7.89. The first-order chi connectivity index (χ1) is 12.2. The van der Waals surface area contributed by atoms with Gasteiger partial charge in [0.1, 0.15) is 5.82 Å². The fourth-order valence-corrected chi connectivity index (χ4v) is 2.66. The standard InChI is InChI=1S/C17H22N4O4/c1-22-13-10-12(11-14(23-2)16(13)24-3)19-17-18-5-4-15(20-17)21-6-8-25-9-7-21/h4-5,10-11H,6-9H2,1-3H3,(H,18,19,20). The van der Waals surface area contributed by atoms with E-state index in [4.69, 9.17) is 18.9 Å². The van der Waals surface area contributed by atoms with Crippen molar-refractivity contribution in [3.63, 3.8) is 0 Å². The first kappa shape index (κ1) is 17.1. The molecule has 8 heteroatoms. The molecular weight excluding hydrogens is 324 g/mol. The van der Waals surface area contributed by atoms with Crippen LogP contribution in [0.1, 0.15) is 0 Å². The van der Waals surface area contributed by atoms with Crippen LogP contribution < -0.4 is 24.4 Å². The Morgan fingerprint density at radius 1 is 1.04 bits per heavy atom. The van der Waals surface area contributed by atoms with E-state index in [0.717, 1.165) is 24.6 Å². The van der Waals surface area contributed by atoms with Crippen molar-refractivity contribution < 1.29 is 18.9 Å². The molecule has 0 bridgehead atoms. The van der Waals surface area contributed by atoms with Gasteiger partial charge in [0.2, 0.25) is 11.7 Å². The summed E-state index contributed by atoms with van der Waals surface area (Å²) in [6.07, 6.45) is 1.73. The van der Waals surface area contributed by atoms with E-state index in [1.807, 2.05) is 18.2 Å². The Hall–Kier alpha value is -2.74. The Balaban J connectivity index is 1.84. The van der Waals surface area contributed by atoms with E-state index in [-0.39, 0.29) is 0 Å². The summed E-state index contributed by atoms with van der Waals surface area (Å²) in [6.45, 7) is 3.06. The molecule has 0 atom stereocenters. The van der Waals surface area contributed by atoms with Crippen LogP contribution >= 0.6 is 0 Å². The Labute approximate surface area is 146 Å². The number of benzene rings is 1. The van der Waals surface area contributed by atoms with Crippen molar-refractivity contribution in [1.29, 1.82) is 0 Å². The van der Waals surface area contributed by atoms with Crippen molar-refractivity contribution in [2.24, 2.45) is 0 Å². The summed E-state index contributed by atoms with van der Waals surface area (Å²) < 4.78 is 21.5. The minimum Gasteiger partial charge on any atom is -0.493 e. The summed E-state index contributed by atoms with van der Waals surface area (Å²) >= 11 is 0. The minimum absolute atomic E-state index is 0.498. The molecule has 25 heavy (non-hydrogen) atoms. The molecule has 2 aromatic rings. The van der Waals surface area contributed by atoms with Gasteiger partial charge in [-0.1, -0.05) is 0 Å². The Morgan fingerprint density at radius 2 is 1.72 bits per heavy atom. The van der Waals surface area contributed by atoms with Crippen molar-refractivity contribution in [3.05, 3.63) is 24.4 Å². The minimum atomic E-state index is 0.498. The monoisotopic (exact) mass is 346 g/mol. The third-order valence-electron chi connectivity index (χ3n) is 3.90. The highest BCUT2D eigenvalue weighted by atomic mass is 16.5. The molecule has 2 heterocycles. The van der Waals surface area contributed by atoms with Crippen molar-refractivity contribution in [2.45, 2.75) is 0 Å². The number of morpholine rings is 1.